The number of nitrogens with one attached hydrogen (secondary N) is 2. The van der Waals surface area contributed by atoms with Crippen molar-refractivity contribution in [2.24, 2.45) is 7.05 Å². The number of carbonyl (C=O) groups is 2. The summed E-state index contributed by atoms with van der Waals surface area (Å²) in [5.74, 6) is -0.835. The Hall–Kier alpha value is -2.79. The number of carbonyl (C=O) groups excluding carboxylic acids is 2. The van der Waals surface area contributed by atoms with Gasteiger partial charge in [-0.15, -0.1) is 21.5 Å². The molecule has 2 amide bonds. The van der Waals surface area contributed by atoms with Crippen LogP contribution in [0.2, 0.25) is 0 Å². The second-order valence-corrected chi connectivity index (χ2v) is 7.91. The Kier molecular flexibility index (Phi) is 6.37. The SMILES string of the molecule is C[C@@H](Sc1nnc(CNC(=O)c2ccccc2F)n1C)C(=O)Nc1nccs1. The molecule has 28 heavy (non-hydrogen) atoms. The summed E-state index contributed by atoms with van der Waals surface area (Å²) >= 11 is 2.57. The molecule has 2 aromatic heterocycles. The average molecular weight is 420 g/mol. The first-order valence-electron chi connectivity index (χ1n) is 8.23. The third kappa shape index (κ3) is 4.73. The number of aromatic nitrogens is 4. The monoisotopic (exact) mass is 420 g/mol. The summed E-state index contributed by atoms with van der Waals surface area (Å²) in [4.78, 5) is 28.3. The van der Waals surface area contributed by atoms with Crippen molar-refractivity contribution >= 4 is 40.0 Å². The molecular weight excluding hydrogens is 403 g/mol. The summed E-state index contributed by atoms with van der Waals surface area (Å²) in [5.41, 5.74) is -0.0354. The fourth-order valence-corrected chi connectivity index (χ4v) is 3.57. The van der Waals surface area contributed by atoms with Crippen LogP contribution in [0.3, 0.4) is 0 Å². The Morgan fingerprint density at radius 2 is 2.11 bits per heavy atom. The van der Waals surface area contributed by atoms with E-state index in [4.69, 9.17) is 0 Å². The molecule has 1 aromatic carbocycles. The Labute approximate surface area is 168 Å². The molecule has 0 saturated carbocycles. The summed E-state index contributed by atoms with van der Waals surface area (Å²) in [5, 5.41) is 15.9. The molecule has 0 unspecified atom stereocenters. The lowest BCUT2D eigenvalue weighted by Gasteiger charge is -2.10. The van der Waals surface area contributed by atoms with E-state index < -0.39 is 17.0 Å². The van der Waals surface area contributed by atoms with Crippen molar-refractivity contribution in [1.29, 1.82) is 0 Å². The van der Waals surface area contributed by atoms with Gasteiger partial charge in [-0.2, -0.15) is 0 Å². The molecule has 0 aliphatic carbocycles. The molecule has 0 aliphatic rings. The summed E-state index contributed by atoms with van der Waals surface area (Å²) in [6, 6.07) is 5.74. The highest BCUT2D eigenvalue weighted by Gasteiger charge is 2.20. The van der Waals surface area contributed by atoms with Crippen molar-refractivity contribution in [2.75, 3.05) is 5.32 Å². The highest BCUT2D eigenvalue weighted by Crippen LogP contribution is 2.23. The van der Waals surface area contributed by atoms with E-state index >= 15 is 0 Å². The summed E-state index contributed by atoms with van der Waals surface area (Å²) in [6.45, 7) is 1.83. The van der Waals surface area contributed by atoms with Gasteiger partial charge in [-0.1, -0.05) is 23.9 Å². The quantitative estimate of drug-likeness (QED) is 0.570. The van der Waals surface area contributed by atoms with Gasteiger partial charge in [0.15, 0.2) is 16.1 Å². The molecule has 3 rings (SSSR count). The van der Waals surface area contributed by atoms with Gasteiger partial charge in [0.1, 0.15) is 5.82 Å². The van der Waals surface area contributed by atoms with Crippen LogP contribution >= 0.6 is 23.1 Å². The molecule has 146 valence electrons. The van der Waals surface area contributed by atoms with Crippen molar-refractivity contribution in [3.05, 3.63) is 53.0 Å². The fraction of sp³-hybridized carbons (Fsp3) is 0.235. The van der Waals surface area contributed by atoms with Crippen molar-refractivity contribution in [1.82, 2.24) is 25.1 Å². The van der Waals surface area contributed by atoms with Crippen LogP contribution in [0.1, 0.15) is 23.1 Å². The normalized spacial score (nSPS) is 11.8. The van der Waals surface area contributed by atoms with E-state index in [0.717, 1.165) is 0 Å². The smallest absolute Gasteiger partial charge is 0.254 e. The highest BCUT2D eigenvalue weighted by atomic mass is 32.2. The third-order valence-electron chi connectivity index (χ3n) is 3.76. The molecule has 0 fully saturated rings. The lowest BCUT2D eigenvalue weighted by molar-refractivity contribution is -0.115. The second kappa shape index (κ2) is 8.93. The van der Waals surface area contributed by atoms with Crippen LogP contribution in [-0.4, -0.2) is 36.8 Å². The first kappa shape index (κ1) is 20.0. The number of hydrogen-bond acceptors (Lipinski definition) is 7. The molecule has 2 heterocycles. The Morgan fingerprint density at radius 3 is 2.82 bits per heavy atom. The van der Waals surface area contributed by atoms with Crippen LogP contribution in [0.25, 0.3) is 0 Å². The topological polar surface area (TPSA) is 102 Å². The van der Waals surface area contributed by atoms with Gasteiger partial charge in [0.2, 0.25) is 5.91 Å². The minimum Gasteiger partial charge on any atom is -0.345 e. The molecule has 0 radical (unpaired) electrons. The number of anilines is 1. The predicted molar refractivity (Wildman–Crippen MR) is 105 cm³/mol. The maximum atomic E-state index is 13.7. The Balaban J connectivity index is 1.58. The first-order chi connectivity index (χ1) is 13.5. The van der Waals surface area contributed by atoms with Crippen molar-refractivity contribution in [3.63, 3.8) is 0 Å². The number of thioether (sulfide) groups is 1. The van der Waals surface area contributed by atoms with Gasteiger partial charge in [0, 0.05) is 18.6 Å². The predicted octanol–water partition coefficient (Wildman–Crippen LogP) is 2.46. The molecule has 3 aromatic rings. The molecule has 0 bridgehead atoms. The fourth-order valence-electron chi connectivity index (χ4n) is 2.21. The van der Waals surface area contributed by atoms with Gasteiger partial charge >= 0.3 is 0 Å². The maximum Gasteiger partial charge on any atom is 0.254 e. The van der Waals surface area contributed by atoms with Crippen LogP contribution in [0.4, 0.5) is 9.52 Å². The van der Waals surface area contributed by atoms with Gasteiger partial charge < -0.3 is 15.2 Å². The summed E-state index contributed by atoms with van der Waals surface area (Å²) in [6.07, 6.45) is 1.61. The molecule has 0 spiro atoms. The molecule has 1 atom stereocenters. The third-order valence-corrected chi connectivity index (χ3v) is 5.59. The number of thiazole rings is 1. The molecule has 0 saturated heterocycles. The van der Waals surface area contributed by atoms with Crippen molar-refractivity contribution < 1.29 is 14.0 Å². The van der Waals surface area contributed by atoms with E-state index in [-0.39, 0.29) is 18.0 Å². The van der Waals surface area contributed by atoms with Crippen LogP contribution in [0.5, 0.6) is 0 Å². The van der Waals surface area contributed by atoms with Gasteiger partial charge in [-0.05, 0) is 19.1 Å². The van der Waals surface area contributed by atoms with E-state index in [0.29, 0.717) is 16.1 Å². The zero-order valence-corrected chi connectivity index (χ0v) is 16.7. The van der Waals surface area contributed by atoms with Crippen LogP contribution in [0.15, 0.2) is 41.0 Å². The van der Waals surface area contributed by atoms with E-state index in [1.54, 1.807) is 36.2 Å². The minimum atomic E-state index is -0.589. The minimum absolute atomic E-state index is 0.0354. The van der Waals surface area contributed by atoms with Crippen molar-refractivity contribution in [3.8, 4) is 0 Å². The number of benzene rings is 1. The van der Waals surface area contributed by atoms with Gasteiger partial charge in [-0.25, -0.2) is 9.37 Å². The molecule has 8 nitrogen and oxygen atoms in total. The molecular formula is C17H17FN6O2S2. The van der Waals surface area contributed by atoms with Gasteiger partial charge in [0.25, 0.3) is 5.91 Å². The summed E-state index contributed by atoms with van der Waals surface area (Å²) in [7, 11) is 1.73. The Bertz CT molecular complexity index is 976. The summed E-state index contributed by atoms with van der Waals surface area (Å²) < 4.78 is 15.3. The van der Waals surface area contributed by atoms with E-state index in [1.807, 2.05) is 0 Å². The van der Waals surface area contributed by atoms with Crippen LogP contribution in [-0.2, 0) is 18.4 Å². The number of rotatable bonds is 7. The van der Waals surface area contributed by atoms with Gasteiger partial charge in [-0.3, -0.25) is 9.59 Å². The number of hydrogen-bond donors (Lipinski definition) is 2. The Morgan fingerprint density at radius 1 is 1.32 bits per heavy atom. The number of nitrogens with zero attached hydrogens (tertiary/aromatic N) is 4. The zero-order valence-electron chi connectivity index (χ0n) is 15.0. The maximum absolute atomic E-state index is 13.7. The lowest BCUT2D eigenvalue weighted by atomic mass is 10.2. The van der Waals surface area contributed by atoms with Crippen LogP contribution < -0.4 is 10.6 Å². The van der Waals surface area contributed by atoms with Gasteiger partial charge in [0.05, 0.1) is 17.4 Å². The first-order valence-corrected chi connectivity index (χ1v) is 9.99. The van der Waals surface area contributed by atoms with Crippen molar-refractivity contribution in [2.45, 2.75) is 23.9 Å². The largest absolute Gasteiger partial charge is 0.345 e. The zero-order chi connectivity index (χ0) is 20.1. The molecule has 2 N–H and O–H groups in total. The number of halogens is 1. The standard InChI is InChI=1S/C17H17FN6O2S2/c1-10(14(25)21-16-19-7-8-27-16)28-17-23-22-13(24(17)2)9-20-15(26)11-5-3-4-6-12(11)18/h3-8,10H,9H2,1-2H3,(H,20,26)(H,19,21,25)/t10-/m1/s1. The second-order valence-electron chi connectivity index (χ2n) is 5.71. The highest BCUT2D eigenvalue weighted by molar-refractivity contribution is 8.00. The number of amides is 2. The average Bonchev–Trinajstić information content (AvgIpc) is 3.31. The van der Waals surface area contributed by atoms with E-state index in [2.05, 4.69) is 25.8 Å². The lowest BCUT2D eigenvalue weighted by Crippen LogP contribution is -2.25. The van der Waals surface area contributed by atoms with E-state index in [9.17, 15) is 14.0 Å². The molecule has 0 aliphatic heterocycles. The van der Waals surface area contributed by atoms with Crippen LogP contribution in [0, 0.1) is 5.82 Å². The molecule has 11 heteroatoms. The van der Waals surface area contributed by atoms with E-state index in [1.165, 1.54) is 41.3 Å².